The van der Waals surface area contributed by atoms with Gasteiger partial charge in [-0.2, -0.15) is 0 Å². The molecule has 0 radical (unpaired) electrons. The van der Waals surface area contributed by atoms with Gasteiger partial charge >= 0.3 is 0 Å². The van der Waals surface area contributed by atoms with Crippen LogP contribution in [0, 0.1) is 5.82 Å². The first kappa shape index (κ1) is 16.7. The van der Waals surface area contributed by atoms with Crippen LogP contribution in [-0.4, -0.2) is 56.7 Å². The SMILES string of the molecule is O=C(CCCOc1ccccc1F)NCCN1CCNCC1. The van der Waals surface area contributed by atoms with Crippen molar-refractivity contribution >= 4 is 5.91 Å². The van der Waals surface area contributed by atoms with Crippen LogP contribution in [0.25, 0.3) is 0 Å². The van der Waals surface area contributed by atoms with Gasteiger partial charge in [0, 0.05) is 45.7 Å². The number of hydrogen-bond donors (Lipinski definition) is 2. The minimum atomic E-state index is -0.372. The number of benzene rings is 1. The first-order valence-electron chi connectivity index (χ1n) is 7.83. The molecule has 0 aromatic heterocycles. The van der Waals surface area contributed by atoms with Gasteiger partial charge < -0.3 is 15.4 Å². The number of hydrogen-bond acceptors (Lipinski definition) is 4. The molecule has 2 N–H and O–H groups in total. The van der Waals surface area contributed by atoms with Gasteiger partial charge in [0.1, 0.15) is 0 Å². The molecule has 0 spiro atoms. The molecule has 0 unspecified atom stereocenters. The predicted octanol–water partition coefficient (Wildman–Crippen LogP) is 1.01. The molecule has 0 atom stereocenters. The van der Waals surface area contributed by atoms with Crippen molar-refractivity contribution in [3.05, 3.63) is 30.1 Å². The third-order valence-corrected chi connectivity index (χ3v) is 3.60. The minimum absolute atomic E-state index is 0.0206. The molecule has 2 rings (SSSR count). The molecule has 1 saturated heterocycles. The van der Waals surface area contributed by atoms with Gasteiger partial charge in [0.25, 0.3) is 0 Å². The van der Waals surface area contributed by atoms with Gasteiger partial charge in [-0.3, -0.25) is 9.69 Å². The van der Waals surface area contributed by atoms with Gasteiger partial charge in [-0.05, 0) is 18.6 Å². The number of piperazine rings is 1. The van der Waals surface area contributed by atoms with Crippen LogP contribution < -0.4 is 15.4 Å². The van der Waals surface area contributed by atoms with Crippen LogP contribution >= 0.6 is 0 Å². The summed E-state index contributed by atoms with van der Waals surface area (Å²) in [5, 5.41) is 6.21. The molecule has 22 heavy (non-hydrogen) atoms. The minimum Gasteiger partial charge on any atom is -0.491 e. The summed E-state index contributed by atoms with van der Waals surface area (Å²) in [4.78, 5) is 14.0. The normalized spacial score (nSPS) is 15.5. The third kappa shape index (κ3) is 5.99. The van der Waals surface area contributed by atoms with Crippen LogP contribution in [0.3, 0.4) is 0 Å². The molecule has 1 aliphatic heterocycles. The van der Waals surface area contributed by atoms with Crippen molar-refractivity contribution in [1.82, 2.24) is 15.5 Å². The number of ether oxygens (including phenoxy) is 1. The highest BCUT2D eigenvalue weighted by Gasteiger charge is 2.09. The second kappa shape index (κ2) is 9.38. The molecular formula is C16H24FN3O2. The second-order valence-corrected chi connectivity index (χ2v) is 5.32. The Morgan fingerprint density at radius 1 is 1.32 bits per heavy atom. The Morgan fingerprint density at radius 2 is 2.09 bits per heavy atom. The summed E-state index contributed by atoms with van der Waals surface area (Å²) in [5.41, 5.74) is 0. The lowest BCUT2D eigenvalue weighted by atomic mass is 10.3. The third-order valence-electron chi connectivity index (χ3n) is 3.60. The number of amides is 1. The molecule has 0 bridgehead atoms. The Hall–Kier alpha value is -1.66. The van der Waals surface area contributed by atoms with E-state index in [1.165, 1.54) is 6.07 Å². The summed E-state index contributed by atoms with van der Waals surface area (Å²) >= 11 is 0. The zero-order valence-electron chi connectivity index (χ0n) is 12.8. The van der Waals surface area contributed by atoms with Crippen molar-refractivity contribution in [2.75, 3.05) is 45.9 Å². The highest BCUT2D eigenvalue weighted by atomic mass is 19.1. The van der Waals surface area contributed by atoms with E-state index in [1.807, 2.05) is 0 Å². The standard InChI is InChI=1S/C16H24FN3O2/c17-14-4-1-2-5-15(14)22-13-3-6-16(21)19-9-12-20-10-7-18-8-11-20/h1-2,4-5,18H,3,6-13H2,(H,19,21). The van der Waals surface area contributed by atoms with Gasteiger partial charge in [0.2, 0.25) is 5.91 Å². The van der Waals surface area contributed by atoms with Gasteiger partial charge in [0.05, 0.1) is 6.61 Å². The van der Waals surface area contributed by atoms with Crippen molar-refractivity contribution in [2.24, 2.45) is 0 Å². The first-order chi connectivity index (χ1) is 10.8. The highest BCUT2D eigenvalue weighted by Crippen LogP contribution is 2.15. The Kier molecular flexibility index (Phi) is 7.12. The second-order valence-electron chi connectivity index (χ2n) is 5.32. The van der Waals surface area contributed by atoms with Gasteiger partial charge in [-0.1, -0.05) is 12.1 Å². The van der Waals surface area contributed by atoms with Crippen molar-refractivity contribution in [3.63, 3.8) is 0 Å². The topological polar surface area (TPSA) is 53.6 Å². The summed E-state index contributed by atoms with van der Waals surface area (Å²) in [5.74, 6) is -0.114. The Bertz CT molecular complexity index is 464. The average molecular weight is 309 g/mol. The fraction of sp³-hybridized carbons (Fsp3) is 0.562. The maximum Gasteiger partial charge on any atom is 0.220 e. The summed E-state index contributed by atoms with van der Waals surface area (Å²) < 4.78 is 18.6. The summed E-state index contributed by atoms with van der Waals surface area (Å²) in [6.45, 7) is 6.00. The molecule has 1 aliphatic rings. The van der Waals surface area contributed by atoms with E-state index in [-0.39, 0.29) is 17.5 Å². The maximum atomic E-state index is 13.3. The van der Waals surface area contributed by atoms with Crippen molar-refractivity contribution in [3.8, 4) is 5.75 Å². The Morgan fingerprint density at radius 3 is 2.86 bits per heavy atom. The average Bonchev–Trinajstić information content (AvgIpc) is 2.54. The zero-order chi connectivity index (χ0) is 15.6. The van der Waals surface area contributed by atoms with Crippen LogP contribution in [0.2, 0.25) is 0 Å². The van der Waals surface area contributed by atoms with Crippen LogP contribution in [0.15, 0.2) is 24.3 Å². The monoisotopic (exact) mass is 309 g/mol. The van der Waals surface area contributed by atoms with E-state index >= 15 is 0 Å². The van der Waals surface area contributed by atoms with Crippen molar-refractivity contribution in [1.29, 1.82) is 0 Å². The summed E-state index contributed by atoms with van der Waals surface area (Å²) in [6, 6.07) is 6.29. The van der Waals surface area contributed by atoms with E-state index in [9.17, 15) is 9.18 Å². The van der Waals surface area contributed by atoms with E-state index < -0.39 is 0 Å². The molecule has 1 aromatic rings. The van der Waals surface area contributed by atoms with Crippen LogP contribution in [0.1, 0.15) is 12.8 Å². The van der Waals surface area contributed by atoms with Crippen LogP contribution in [-0.2, 0) is 4.79 Å². The molecule has 6 heteroatoms. The largest absolute Gasteiger partial charge is 0.491 e. The molecule has 1 aromatic carbocycles. The lowest BCUT2D eigenvalue weighted by Crippen LogP contribution is -2.46. The fourth-order valence-corrected chi connectivity index (χ4v) is 2.35. The lowest BCUT2D eigenvalue weighted by molar-refractivity contribution is -0.121. The molecule has 1 heterocycles. The number of halogens is 1. The molecule has 5 nitrogen and oxygen atoms in total. The van der Waals surface area contributed by atoms with Crippen molar-refractivity contribution < 1.29 is 13.9 Å². The summed E-state index contributed by atoms with van der Waals surface area (Å²) in [6.07, 6.45) is 0.976. The van der Waals surface area contributed by atoms with E-state index in [0.29, 0.717) is 26.0 Å². The smallest absolute Gasteiger partial charge is 0.220 e. The molecule has 0 saturated carbocycles. The molecule has 122 valence electrons. The molecule has 1 amide bonds. The zero-order valence-corrected chi connectivity index (χ0v) is 12.8. The van der Waals surface area contributed by atoms with Crippen LogP contribution in [0.5, 0.6) is 5.75 Å². The van der Waals surface area contributed by atoms with Gasteiger partial charge in [-0.15, -0.1) is 0 Å². The number of nitrogens with one attached hydrogen (secondary N) is 2. The quantitative estimate of drug-likeness (QED) is 0.704. The highest BCUT2D eigenvalue weighted by molar-refractivity contribution is 5.75. The van der Waals surface area contributed by atoms with Crippen molar-refractivity contribution in [2.45, 2.75) is 12.8 Å². The van der Waals surface area contributed by atoms with E-state index in [1.54, 1.807) is 18.2 Å². The molecule has 0 aliphatic carbocycles. The number of rotatable bonds is 8. The van der Waals surface area contributed by atoms with E-state index in [2.05, 4.69) is 15.5 Å². The number of carbonyl (C=O) groups is 1. The van der Waals surface area contributed by atoms with E-state index in [0.717, 1.165) is 32.7 Å². The predicted molar refractivity (Wildman–Crippen MR) is 83.4 cm³/mol. The van der Waals surface area contributed by atoms with Crippen LogP contribution in [0.4, 0.5) is 4.39 Å². The lowest BCUT2D eigenvalue weighted by Gasteiger charge is -2.27. The maximum absolute atomic E-state index is 13.3. The Labute approximate surface area is 130 Å². The van der Waals surface area contributed by atoms with E-state index in [4.69, 9.17) is 4.74 Å². The number of para-hydroxylation sites is 1. The fourth-order valence-electron chi connectivity index (χ4n) is 2.35. The van der Waals surface area contributed by atoms with Gasteiger partial charge in [0.15, 0.2) is 11.6 Å². The first-order valence-corrected chi connectivity index (χ1v) is 7.83. The van der Waals surface area contributed by atoms with Gasteiger partial charge in [-0.25, -0.2) is 4.39 Å². The Balaban J connectivity index is 1.51. The molecular weight excluding hydrogens is 285 g/mol. The number of nitrogens with zero attached hydrogens (tertiary/aromatic N) is 1. The summed E-state index contributed by atoms with van der Waals surface area (Å²) in [7, 11) is 0. The molecule has 1 fully saturated rings. The number of carbonyl (C=O) groups excluding carboxylic acids is 1.